The van der Waals surface area contributed by atoms with E-state index in [9.17, 15) is 19.2 Å². The zero-order valence-corrected chi connectivity index (χ0v) is 13.9. The van der Waals surface area contributed by atoms with Crippen LogP contribution in [0.3, 0.4) is 0 Å². The number of hydrogen-bond acceptors (Lipinski definition) is 8. The van der Waals surface area contributed by atoms with Crippen molar-refractivity contribution in [3.05, 3.63) is 53.1 Å². The number of rotatable bonds is 0. The van der Waals surface area contributed by atoms with E-state index in [1.807, 2.05) is 0 Å². The average Bonchev–Trinajstić information content (AvgIpc) is 2.40. The molecule has 0 amide bonds. The minimum Gasteiger partial charge on any atom is -0.759 e. The lowest BCUT2D eigenvalue weighted by atomic mass is 10.4. The van der Waals surface area contributed by atoms with E-state index in [4.69, 9.17) is 17.5 Å². The molecule has 10 N–H and O–H groups in total. The highest BCUT2D eigenvalue weighted by molar-refractivity contribution is 7.79. The second-order valence-corrected chi connectivity index (χ2v) is 5.25. The van der Waals surface area contributed by atoms with E-state index < -0.39 is 32.9 Å². The van der Waals surface area contributed by atoms with Gasteiger partial charge in [0.2, 0.25) is 11.4 Å². The van der Waals surface area contributed by atoms with Crippen LogP contribution in [0.4, 0.5) is 11.4 Å². The van der Waals surface area contributed by atoms with Gasteiger partial charge in [-0.25, -0.2) is 9.59 Å². The second kappa shape index (κ2) is 8.85. The fraction of sp³-hybridized carbons (Fsp3) is 0.200. The molecule has 0 saturated carbocycles. The molecular weight excluding hydrogens is 364 g/mol. The normalized spacial score (nSPS) is 10.2. The number of aromatic nitrogens is 4. The van der Waals surface area contributed by atoms with Crippen LogP contribution in [0.5, 0.6) is 0 Å². The summed E-state index contributed by atoms with van der Waals surface area (Å²) in [6.07, 6.45) is 0. The molecule has 2 rings (SSSR count). The number of nitrogens with one attached hydrogen (secondary N) is 4. The van der Waals surface area contributed by atoms with Crippen molar-refractivity contribution < 1.29 is 29.0 Å². The molecule has 0 bridgehead atoms. The molecule has 2 heterocycles. The zero-order valence-electron chi connectivity index (χ0n) is 13.1. The average molecular weight is 380 g/mol. The number of hydrogen-bond donors (Lipinski definition) is 6. The Bertz CT molecular complexity index is 981. The molecule has 0 atom stereocenters. The van der Waals surface area contributed by atoms with Crippen molar-refractivity contribution in [2.75, 3.05) is 0 Å². The Morgan fingerprint density at radius 3 is 1.16 bits per heavy atom. The van der Waals surface area contributed by atoms with Crippen LogP contribution in [0.25, 0.3) is 0 Å². The first-order valence-corrected chi connectivity index (χ1v) is 7.52. The molecule has 0 aliphatic rings. The van der Waals surface area contributed by atoms with Gasteiger partial charge in [0.05, 0.1) is 11.4 Å². The van der Waals surface area contributed by atoms with E-state index in [-0.39, 0.29) is 0 Å². The van der Waals surface area contributed by atoms with Crippen LogP contribution in [-0.4, -0.2) is 37.5 Å². The highest BCUT2D eigenvalue weighted by Crippen LogP contribution is 1.89. The van der Waals surface area contributed by atoms with E-state index in [2.05, 4.69) is 31.4 Å². The quantitative estimate of drug-likeness (QED) is 0.190. The predicted octanol–water partition coefficient (Wildman–Crippen LogP) is -4.85. The van der Waals surface area contributed by atoms with Gasteiger partial charge < -0.3 is 30.5 Å². The standard InChI is InChI=1S/2C5H7N3O2.H2O4S/c2*1-2-3(6)4(9)8-5(10)7-2;1-5(2,3)4/h2*6H2,1H3,(H2,7,8,9,10);(H2,1,2,3,4). The molecule has 0 aliphatic heterocycles. The Hall–Kier alpha value is -2.85. The van der Waals surface area contributed by atoms with Gasteiger partial charge in [0.15, 0.2) is 0 Å². The number of H-pyrrole nitrogens is 4. The summed E-state index contributed by atoms with van der Waals surface area (Å²) in [6, 6.07) is 0. The maximum Gasteiger partial charge on any atom is 0.326 e. The highest BCUT2D eigenvalue weighted by Gasteiger charge is 2.02. The van der Waals surface area contributed by atoms with Crippen molar-refractivity contribution in [2.24, 2.45) is 0 Å². The lowest BCUT2D eigenvalue weighted by Crippen LogP contribution is -2.48. The monoisotopic (exact) mass is 380 g/mol. The van der Waals surface area contributed by atoms with E-state index in [0.717, 1.165) is 0 Å². The molecule has 15 heteroatoms. The summed E-state index contributed by atoms with van der Waals surface area (Å²) in [5.41, 5.74) is 6.68. The predicted molar refractivity (Wildman–Crippen MR) is 80.4 cm³/mol. The molecule has 0 fully saturated rings. The first-order valence-electron chi connectivity index (χ1n) is 6.19. The Kier molecular flexibility index (Phi) is 7.84. The Balaban J connectivity index is 0.000000368. The first kappa shape index (κ1) is 22.1. The minimum atomic E-state index is -5.17. The fourth-order valence-corrected chi connectivity index (χ4v) is 1.25. The summed E-state index contributed by atoms with van der Waals surface area (Å²) in [4.78, 5) is 51.4. The van der Waals surface area contributed by atoms with Crippen molar-refractivity contribution in [3.63, 3.8) is 0 Å². The van der Waals surface area contributed by atoms with Gasteiger partial charge in [0.25, 0.3) is 0 Å². The smallest absolute Gasteiger partial charge is 0.326 e. The van der Waals surface area contributed by atoms with Gasteiger partial charge in [-0.05, 0) is 13.8 Å². The topological polar surface area (TPSA) is 267 Å². The van der Waals surface area contributed by atoms with Crippen molar-refractivity contribution >= 4 is 21.8 Å². The summed E-state index contributed by atoms with van der Waals surface area (Å²) < 4.78 is 34.1. The summed E-state index contributed by atoms with van der Waals surface area (Å²) in [5, 5.41) is 0. The van der Waals surface area contributed by atoms with Gasteiger partial charge in [-0.15, -0.1) is 0 Å². The molecular formula is C10H16N6O8S. The number of aromatic amines is 4. The molecule has 0 aliphatic carbocycles. The van der Waals surface area contributed by atoms with Crippen molar-refractivity contribution in [3.8, 4) is 0 Å². The Morgan fingerprint density at radius 1 is 0.720 bits per heavy atom. The van der Waals surface area contributed by atoms with Crippen LogP contribution in [-0.2, 0) is 10.4 Å². The van der Waals surface area contributed by atoms with Gasteiger partial charge in [-0.3, -0.25) is 28.0 Å². The summed E-state index contributed by atoms with van der Waals surface area (Å²) in [7, 11) is -5.17. The van der Waals surface area contributed by atoms with Crippen molar-refractivity contribution in [2.45, 2.75) is 13.8 Å². The molecule has 2 aromatic rings. The largest absolute Gasteiger partial charge is 0.759 e. The maximum atomic E-state index is 10.7. The van der Waals surface area contributed by atoms with Crippen LogP contribution >= 0.6 is 0 Å². The minimum absolute atomic E-state index is 0.305. The zero-order chi connectivity index (χ0) is 19.9. The van der Waals surface area contributed by atoms with Gasteiger partial charge in [-0.2, -0.15) is 0 Å². The van der Waals surface area contributed by atoms with E-state index in [1.54, 1.807) is 13.8 Å². The molecule has 0 radical (unpaired) electrons. The Morgan fingerprint density at radius 2 is 0.960 bits per heavy atom. The third-order valence-electron chi connectivity index (χ3n) is 2.51. The third kappa shape index (κ3) is 9.13. The van der Waals surface area contributed by atoms with E-state index in [1.165, 1.54) is 0 Å². The van der Waals surface area contributed by atoms with Gasteiger partial charge in [0, 0.05) is 10.4 Å². The van der Waals surface area contributed by atoms with E-state index >= 15 is 0 Å². The molecule has 14 nitrogen and oxygen atoms in total. The molecule has 2 aromatic heterocycles. The van der Waals surface area contributed by atoms with Crippen molar-refractivity contribution in [1.82, 2.24) is 19.9 Å². The molecule has 0 saturated heterocycles. The second-order valence-electron chi connectivity index (χ2n) is 4.43. The number of aryl methyl sites for hydroxylation is 2. The Labute approximate surface area is 138 Å². The summed E-state index contributed by atoms with van der Waals surface area (Å²) in [6.45, 7) is 3.25. The lowest BCUT2D eigenvalue weighted by molar-refractivity contribution is -0.258. The summed E-state index contributed by atoms with van der Waals surface area (Å²) >= 11 is 0. The van der Waals surface area contributed by atoms with Crippen LogP contribution in [0.15, 0.2) is 19.2 Å². The van der Waals surface area contributed by atoms with Crippen LogP contribution in [0.1, 0.15) is 11.4 Å². The third-order valence-corrected chi connectivity index (χ3v) is 2.51. The highest BCUT2D eigenvalue weighted by atomic mass is 32.3. The van der Waals surface area contributed by atoms with Gasteiger partial charge in [0.1, 0.15) is 0 Å². The van der Waals surface area contributed by atoms with Crippen LogP contribution in [0.2, 0.25) is 0 Å². The van der Waals surface area contributed by atoms with Crippen molar-refractivity contribution in [1.29, 1.82) is 0 Å². The van der Waals surface area contributed by atoms with Crippen LogP contribution in [0, 0.1) is 13.8 Å². The van der Waals surface area contributed by atoms with Gasteiger partial charge in [-0.1, -0.05) is 0 Å². The molecule has 0 aromatic carbocycles. The molecule has 25 heavy (non-hydrogen) atoms. The first-order chi connectivity index (χ1) is 11.2. The lowest BCUT2D eigenvalue weighted by Gasteiger charge is -2.06. The molecule has 140 valence electrons. The molecule has 0 unspecified atom stereocenters. The maximum absolute atomic E-state index is 10.7. The SMILES string of the molecule is Cc1[nH]c(=O)[nH]c(=O)c1[NH3+].Cc1[nH]c(=O)[nH]c(=O)c1[NH3+].O=S(=O)([O-])[O-]. The summed E-state index contributed by atoms with van der Waals surface area (Å²) in [5.74, 6) is 0. The number of quaternary nitrogens is 2. The molecule has 0 spiro atoms. The van der Waals surface area contributed by atoms with Gasteiger partial charge >= 0.3 is 22.5 Å². The van der Waals surface area contributed by atoms with Crippen LogP contribution < -0.4 is 34.0 Å². The fourth-order valence-electron chi connectivity index (χ4n) is 1.25. The van der Waals surface area contributed by atoms with E-state index in [0.29, 0.717) is 22.8 Å².